The molecule has 1 N–H and O–H groups in total. The Morgan fingerprint density at radius 1 is 1.11 bits per heavy atom. The molecule has 0 aromatic heterocycles. The zero-order valence-corrected chi connectivity index (χ0v) is 16.7. The van der Waals surface area contributed by atoms with Gasteiger partial charge in [-0.1, -0.05) is 35.9 Å². The Kier molecular flexibility index (Phi) is 7.12. The van der Waals surface area contributed by atoms with Gasteiger partial charge in [-0.05, 0) is 36.8 Å². The van der Waals surface area contributed by atoms with Crippen LogP contribution in [0.2, 0.25) is 5.02 Å². The van der Waals surface area contributed by atoms with Crippen LogP contribution in [0.25, 0.3) is 0 Å². The zero-order valence-electron chi connectivity index (χ0n) is 15.1. The number of benzene rings is 2. The molecule has 0 radical (unpaired) electrons. The number of halogens is 1. The van der Waals surface area contributed by atoms with Gasteiger partial charge in [0.1, 0.15) is 0 Å². The van der Waals surface area contributed by atoms with Crippen LogP contribution in [0.4, 0.5) is 0 Å². The quantitative estimate of drug-likeness (QED) is 0.681. The fraction of sp³-hybridized carbons (Fsp3) is 0.263. The summed E-state index contributed by atoms with van der Waals surface area (Å²) in [5.74, 6) is -0.417. The predicted octanol–water partition coefficient (Wildman–Crippen LogP) is 2.87. The fourth-order valence-corrected chi connectivity index (χ4v) is 3.74. The van der Waals surface area contributed by atoms with Crippen molar-refractivity contribution >= 4 is 33.3 Å². The second kappa shape index (κ2) is 9.12. The van der Waals surface area contributed by atoms with Crippen LogP contribution >= 0.6 is 11.6 Å². The van der Waals surface area contributed by atoms with Gasteiger partial charge in [0.25, 0.3) is 0 Å². The molecule has 0 aliphatic heterocycles. The van der Waals surface area contributed by atoms with Gasteiger partial charge >= 0.3 is 0 Å². The lowest BCUT2D eigenvalue weighted by atomic mass is 10.2. The van der Waals surface area contributed by atoms with Crippen LogP contribution in [0.15, 0.2) is 53.4 Å². The Morgan fingerprint density at radius 3 is 2.48 bits per heavy atom. The first-order valence-corrected chi connectivity index (χ1v) is 10.1. The van der Waals surface area contributed by atoms with Gasteiger partial charge in [-0.15, -0.1) is 0 Å². The summed E-state index contributed by atoms with van der Waals surface area (Å²) in [5, 5.41) is 0.592. The fourth-order valence-electron chi connectivity index (χ4n) is 2.45. The molecule has 2 aromatic carbocycles. The highest BCUT2D eigenvalue weighted by Gasteiger charge is 2.16. The summed E-state index contributed by atoms with van der Waals surface area (Å²) in [6, 6.07) is 13.0. The van der Waals surface area contributed by atoms with E-state index in [0.29, 0.717) is 17.1 Å². The Balaban J connectivity index is 1.91. The third-order valence-corrected chi connectivity index (χ3v) is 5.61. The molecule has 0 saturated heterocycles. The predicted molar refractivity (Wildman–Crippen MR) is 104 cm³/mol. The molecule has 6 nitrogen and oxygen atoms in total. The number of carbonyl (C=O) groups is 2. The average molecular weight is 409 g/mol. The van der Waals surface area contributed by atoms with E-state index in [1.807, 2.05) is 6.07 Å². The first-order chi connectivity index (χ1) is 12.7. The molecule has 0 aliphatic carbocycles. The topological polar surface area (TPSA) is 83.5 Å². The number of hydrogen-bond acceptors (Lipinski definition) is 4. The number of hydrogen-bond donors (Lipinski definition) is 1. The number of Topliss-reactive ketones (excluding diaryl/α,β-unsaturated/α-hetero) is 1. The molecular weight excluding hydrogens is 388 g/mol. The monoisotopic (exact) mass is 408 g/mol. The summed E-state index contributed by atoms with van der Waals surface area (Å²) < 4.78 is 27.0. The van der Waals surface area contributed by atoms with E-state index in [1.165, 1.54) is 30.0 Å². The van der Waals surface area contributed by atoms with Gasteiger partial charge in [-0.2, -0.15) is 0 Å². The first-order valence-electron chi connectivity index (χ1n) is 8.28. The number of rotatable bonds is 8. The standard InChI is InChI=1S/C19H21ClN2O4S/c1-14(23)16-6-4-8-18(12-16)27(25,26)21-10-9-19(24)22(2)13-15-5-3-7-17(20)11-15/h3-8,11-12,21H,9-10,13H2,1-2H3. The lowest BCUT2D eigenvalue weighted by molar-refractivity contribution is -0.130. The van der Waals surface area contributed by atoms with Crippen molar-refractivity contribution in [2.75, 3.05) is 13.6 Å². The maximum atomic E-state index is 12.3. The maximum absolute atomic E-state index is 12.3. The van der Waals surface area contributed by atoms with Crippen molar-refractivity contribution in [2.45, 2.75) is 24.8 Å². The highest BCUT2D eigenvalue weighted by atomic mass is 35.5. The third kappa shape index (κ3) is 6.16. The van der Waals surface area contributed by atoms with Crippen LogP contribution in [0.5, 0.6) is 0 Å². The average Bonchev–Trinajstić information content (AvgIpc) is 2.61. The molecule has 2 rings (SSSR count). The van der Waals surface area contributed by atoms with Crippen molar-refractivity contribution in [2.24, 2.45) is 0 Å². The van der Waals surface area contributed by atoms with E-state index < -0.39 is 10.0 Å². The molecule has 144 valence electrons. The van der Waals surface area contributed by atoms with Gasteiger partial charge < -0.3 is 4.90 Å². The number of nitrogens with zero attached hydrogens (tertiary/aromatic N) is 1. The maximum Gasteiger partial charge on any atom is 0.240 e. The Hall–Kier alpha value is -2.22. The van der Waals surface area contributed by atoms with E-state index in [1.54, 1.807) is 31.3 Å². The van der Waals surface area contributed by atoms with Gasteiger partial charge in [0.2, 0.25) is 15.9 Å². The Labute approximate surface area is 164 Å². The van der Waals surface area contributed by atoms with Gasteiger partial charge in [0.15, 0.2) is 5.78 Å². The summed E-state index contributed by atoms with van der Waals surface area (Å²) in [7, 11) is -2.15. The molecule has 0 saturated carbocycles. The molecule has 0 spiro atoms. The van der Waals surface area contributed by atoms with E-state index in [-0.39, 0.29) is 29.6 Å². The summed E-state index contributed by atoms with van der Waals surface area (Å²) in [6.07, 6.45) is 0.0166. The van der Waals surface area contributed by atoms with Crippen molar-refractivity contribution in [3.8, 4) is 0 Å². The minimum Gasteiger partial charge on any atom is -0.341 e. The molecule has 0 fully saturated rings. The highest BCUT2D eigenvalue weighted by molar-refractivity contribution is 7.89. The number of nitrogens with one attached hydrogen (secondary N) is 1. The SMILES string of the molecule is CC(=O)c1cccc(S(=O)(=O)NCCC(=O)N(C)Cc2cccc(Cl)c2)c1. The van der Waals surface area contributed by atoms with Gasteiger partial charge in [0, 0.05) is 37.1 Å². The number of ketones is 1. The van der Waals surface area contributed by atoms with Crippen LogP contribution in [0.3, 0.4) is 0 Å². The van der Waals surface area contributed by atoms with Crippen LogP contribution in [0, 0.1) is 0 Å². The van der Waals surface area contributed by atoms with Crippen LogP contribution in [-0.2, 0) is 21.4 Å². The lowest BCUT2D eigenvalue weighted by Gasteiger charge is -2.17. The van der Waals surface area contributed by atoms with Crippen molar-refractivity contribution < 1.29 is 18.0 Å². The minimum atomic E-state index is -3.79. The molecule has 0 atom stereocenters. The molecule has 2 aromatic rings. The third-order valence-electron chi connectivity index (χ3n) is 3.92. The second-order valence-corrected chi connectivity index (χ2v) is 8.31. The van der Waals surface area contributed by atoms with Crippen molar-refractivity contribution in [3.63, 3.8) is 0 Å². The Morgan fingerprint density at radius 2 is 1.81 bits per heavy atom. The van der Waals surface area contributed by atoms with Crippen molar-refractivity contribution in [1.29, 1.82) is 0 Å². The highest BCUT2D eigenvalue weighted by Crippen LogP contribution is 2.13. The molecule has 0 aliphatic rings. The van der Waals surface area contributed by atoms with Crippen molar-refractivity contribution in [3.05, 3.63) is 64.7 Å². The van der Waals surface area contributed by atoms with Crippen LogP contribution in [-0.4, -0.2) is 38.6 Å². The van der Waals surface area contributed by atoms with Gasteiger partial charge in [-0.25, -0.2) is 13.1 Å². The molecule has 0 unspecified atom stereocenters. The first kappa shape index (κ1) is 21.1. The summed E-state index contributed by atoms with van der Waals surface area (Å²) in [6.45, 7) is 1.71. The number of sulfonamides is 1. The lowest BCUT2D eigenvalue weighted by Crippen LogP contribution is -2.32. The molecule has 0 heterocycles. The van der Waals surface area contributed by atoms with Gasteiger partial charge in [0.05, 0.1) is 4.90 Å². The second-order valence-electron chi connectivity index (χ2n) is 6.11. The molecule has 8 heteroatoms. The number of amides is 1. The summed E-state index contributed by atoms with van der Waals surface area (Å²) in [4.78, 5) is 25.1. The largest absolute Gasteiger partial charge is 0.341 e. The van der Waals surface area contributed by atoms with Crippen molar-refractivity contribution in [1.82, 2.24) is 9.62 Å². The van der Waals surface area contributed by atoms with Gasteiger partial charge in [-0.3, -0.25) is 9.59 Å². The molecular formula is C19H21ClN2O4S. The Bertz CT molecular complexity index is 944. The summed E-state index contributed by atoms with van der Waals surface area (Å²) in [5.41, 5.74) is 1.20. The molecule has 0 bridgehead atoms. The molecule has 27 heavy (non-hydrogen) atoms. The van der Waals surface area contributed by atoms with E-state index in [4.69, 9.17) is 11.6 Å². The smallest absolute Gasteiger partial charge is 0.240 e. The number of carbonyl (C=O) groups excluding carboxylic acids is 2. The van der Waals surface area contributed by atoms with E-state index in [2.05, 4.69) is 4.72 Å². The zero-order chi connectivity index (χ0) is 20.0. The molecule has 1 amide bonds. The minimum absolute atomic E-state index is 0.00469. The normalized spacial score (nSPS) is 11.2. The van der Waals surface area contributed by atoms with Crippen LogP contribution in [0.1, 0.15) is 29.3 Å². The van der Waals surface area contributed by atoms with Crippen LogP contribution < -0.4 is 4.72 Å². The van der Waals surface area contributed by atoms with E-state index in [9.17, 15) is 18.0 Å². The van der Waals surface area contributed by atoms with E-state index in [0.717, 1.165) is 5.56 Å². The summed E-state index contributed by atoms with van der Waals surface area (Å²) >= 11 is 5.93. The van der Waals surface area contributed by atoms with E-state index >= 15 is 0 Å².